The van der Waals surface area contributed by atoms with Crippen LogP contribution in [0.15, 0.2) is 18.5 Å². The van der Waals surface area contributed by atoms with E-state index in [1.54, 1.807) is 4.68 Å². The number of nitrogens with zero attached hydrogens (tertiary/aromatic N) is 5. The van der Waals surface area contributed by atoms with E-state index >= 15 is 0 Å². The van der Waals surface area contributed by atoms with Gasteiger partial charge in [-0.1, -0.05) is 17.4 Å². The van der Waals surface area contributed by atoms with Crippen LogP contribution in [0.4, 0.5) is 5.82 Å². The number of fused-ring (bicyclic) bond motifs is 1. The van der Waals surface area contributed by atoms with Crippen LogP contribution in [0.3, 0.4) is 0 Å². The van der Waals surface area contributed by atoms with Gasteiger partial charge in [-0.3, -0.25) is 0 Å². The molecule has 0 saturated carbocycles. The summed E-state index contributed by atoms with van der Waals surface area (Å²) in [5.41, 5.74) is 6.89. The predicted molar refractivity (Wildman–Crippen MR) is 65.5 cm³/mol. The van der Waals surface area contributed by atoms with Crippen LogP contribution >= 0.6 is 0 Å². The van der Waals surface area contributed by atoms with Gasteiger partial charge in [0.2, 0.25) is 0 Å². The third kappa shape index (κ3) is 1.72. The lowest BCUT2D eigenvalue weighted by Crippen LogP contribution is -2.19. The lowest BCUT2D eigenvalue weighted by Gasteiger charge is -2.23. The third-order valence-corrected chi connectivity index (χ3v) is 3.26. The molecule has 0 unspecified atom stereocenters. The van der Waals surface area contributed by atoms with E-state index < -0.39 is 0 Å². The molecule has 7 heteroatoms. The monoisotopic (exact) mass is 246 g/mol. The van der Waals surface area contributed by atoms with Gasteiger partial charge in [-0.15, -0.1) is 5.10 Å². The zero-order chi connectivity index (χ0) is 12.5. The highest BCUT2D eigenvalue weighted by Crippen LogP contribution is 2.28. The Kier molecular flexibility index (Phi) is 2.67. The average molecular weight is 246 g/mol. The van der Waals surface area contributed by atoms with Crippen molar-refractivity contribution >= 4 is 17.0 Å². The molecule has 94 valence electrons. The summed E-state index contributed by atoms with van der Waals surface area (Å²) in [5.74, 6) is 0.600. The number of anilines is 1. The lowest BCUT2D eigenvalue weighted by atomic mass is 9.92. The van der Waals surface area contributed by atoms with Crippen molar-refractivity contribution < 1.29 is 5.11 Å². The van der Waals surface area contributed by atoms with Gasteiger partial charge >= 0.3 is 0 Å². The van der Waals surface area contributed by atoms with Crippen LogP contribution in [-0.4, -0.2) is 36.7 Å². The number of nitrogen functional groups attached to an aromatic ring is 1. The summed E-state index contributed by atoms with van der Waals surface area (Å²) in [6.45, 7) is 0.185. The maximum absolute atomic E-state index is 9.24. The van der Waals surface area contributed by atoms with Crippen molar-refractivity contribution in [1.29, 1.82) is 0 Å². The Morgan fingerprint density at radius 1 is 1.44 bits per heavy atom. The summed E-state index contributed by atoms with van der Waals surface area (Å²) >= 11 is 0. The Bertz CT molecular complexity index is 592. The van der Waals surface area contributed by atoms with E-state index in [1.165, 1.54) is 6.33 Å². The average Bonchev–Trinajstić information content (AvgIpc) is 2.84. The van der Waals surface area contributed by atoms with E-state index in [-0.39, 0.29) is 18.6 Å². The number of aliphatic hydroxyl groups is 1. The Balaban J connectivity index is 2.02. The van der Waals surface area contributed by atoms with Crippen molar-refractivity contribution in [2.24, 2.45) is 5.92 Å². The standard InChI is InChI=1S/C11H14N6O/c12-10-9-11(14-6-13-10)17(16-15-9)8-3-1-2-7(4-8)5-18/h1,3,6-8,18H,2,4-5H2,(H2,12,13,14)/t7-,8+/m1/s1. The van der Waals surface area contributed by atoms with Gasteiger partial charge < -0.3 is 10.8 Å². The highest BCUT2D eigenvalue weighted by atomic mass is 16.3. The Labute approximate surface area is 103 Å². The van der Waals surface area contributed by atoms with E-state index in [2.05, 4.69) is 32.4 Å². The minimum atomic E-state index is 0.0650. The van der Waals surface area contributed by atoms with Gasteiger partial charge in [0.1, 0.15) is 6.33 Å². The van der Waals surface area contributed by atoms with E-state index in [4.69, 9.17) is 5.73 Å². The molecular weight excluding hydrogens is 232 g/mol. The Hall–Kier alpha value is -2.02. The maximum Gasteiger partial charge on any atom is 0.184 e. The highest BCUT2D eigenvalue weighted by molar-refractivity contribution is 5.80. The summed E-state index contributed by atoms with van der Waals surface area (Å²) in [6, 6.07) is 0.0650. The molecule has 0 radical (unpaired) electrons. The van der Waals surface area contributed by atoms with Crippen LogP contribution in [0.5, 0.6) is 0 Å². The lowest BCUT2D eigenvalue weighted by molar-refractivity contribution is 0.202. The second-order valence-electron chi connectivity index (χ2n) is 4.48. The number of aliphatic hydroxyl groups excluding tert-OH is 1. The molecule has 0 amide bonds. The molecule has 1 aliphatic rings. The van der Waals surface area contributed by atoms with Gasteiger partial charge in [-0.05, 0) is 18.8 Å². The van der Waals surface area contributed by atoms with Crippen molar-refractivity contribution in [3.05, 3.63) is 18.5 Å². The SMILES string of the molecule is Nc1ncnc2c1nnn2[C@H]1C=CC[C@@H](CO)C1. The van der Waals surface area contributed by atoms with Crippen LogP contribution in [0, 0.1) is 5.92 Å². The van der Waals surface area contributed by atoms with Gasteiger partial charge in [0.15, 0.2) is 17.0 Å². The first-order valence-electron chi connectivity index (χ1n) is 5.88. The normalized spacial score (nSPS) is 23.6. The van der Waals surface area contributed by atoms with Crippen molar-refractivity contribution in [2.45, 2.75) is 18.9 Å². The topological polar surface area (TPSA) is 103 Å². The molecule has 0 aliphatic heterocycles. The summed E-state index contributed by atoms with van der Waals surface area (Å²) in [5, 5.41) is 17.3. The van der Waals surface area contributed by atoms with E-state index in [0.29, 0.717) is 17.0 Å². The largest absolute Gasteiger partial charge is 0.396 e. The van der Waals surface area contributed by atoms with Crippen molar-refractivity contribution in [2.75, 3.05) is 12.3 Å². The number of hydrogen-bond acceptors (Lipinski definition) is 6. The minimum Gasteiger partial charge on any atom is -0.396 e. The molecule has 2 heterocycles. The Morgan fingerprint density at radius 2 is 2.33 bits per heavy atom. The van der Waals surface area contributed by atoms with E-state index in [9.17, 15) is 5.11 Å². The van der Waals surface area contributed by atoms with Gasteiger partial charge in [-0.2, -0.15) is 0 Å². The number of allylic oxidation sites excluding steroid dienone is 2. The first-order valence-corrected chi connectivity index (χ1v) is 5.88. The van der Waals surface area contributed by atoms with Crippen LogP contribution in [-0.2, 0) is 0 Å². The van der Waals surface area contributed by atoms with Crippen LogP contribution in [0.25, 0.3) is 11.2 Å². The molecule has 0 saturated heterocycles. The molecule has 0 bridgehead atoms. The first-order chi connectivity index (χ1) is 8.79. The maximum atomic E-state index is 9.24. The molecular formula is C11H14N6O. The smallest absolute Gasteiger partial charge is 0.184 e. The minimum absolute atomic E-state index is 0.0650. The van der Waals surface area contributed by atoms with Crippen LogP contribution in [0.1, 0.15) is 18.9 Å². The van der Waals surface area contributed by atoms with Gasteiger partial charge in [-0.25, -0.2) is 14.6 Å². The third-order valence-electron chi connectivity index (χ3n) is 3.26. The van der Waals surface area contributed by atoms with E-state index in [1.807, 2.05) is 0 Å². The molecule has 2 atom stereocenters. The molecule has 3 rings (SSSR count). The molecule has 2 aromatic heterocycles. The summed E-state index contributed by atoms with van der Waals surface area (Å²) < 4.78 is 1.74. The fourth-order valence-corrected chi connectivity index (χ4v) is 2.28. The molecule has 0 aromatic carbocycles. The fraction of sp³-hybridized carbons (Fsp3) is 0.455. The molecule has 0 fully saturated rings. The summed E-state index contributed by atoms with van der Waals surface area (Å²) in [4.78, 5) is 8.07. The highest BCUT2D eigenvalue weighted by Gasteiger charge is 2.22. The quantitative estimate of drug-likeness (QED) is 0.739. The fourth-order valence-electron chi connectivity index (χ4n) is 2.28. The predicted octanol–water partition coefficient (Wildman–Crippen LogP) is 0.303. The molecule has 18 heavy (non-hydrogen) atoms. The molecule has 7 nitrogen and oxygen atoms in total. The van der Waals surface area contributed by atoms with Crippen molar-refractivity contribution in [1.82, 2.24) is 25.0 Å². The summed E-state index contributed by atoms with van der Waals surface area (Å²) in [6.07, 6.45) is 7.27. The second kappa shape index (κ2) is 4.34. The zero-order valence-electron chi connectivity index (χ0n) is 9.77. The molecule has 2 aromatic rings. The molecule has 0 spiro atoms. The van der Waals surface area contributed by atoms with Crippen LogP contribution in [0.2, 0.25) is 0 Å². The van der Waals surface area contributed by atoms with Crippen molar-refractivity contribution in [3.63, 3.8) is 0 Å². The van der Waals surface area contributed by atoms with Crippen molar-refractivity contribution in [3.8, 4) is 0 Å². The van der Waals surface area contributed by atoms with Gasteiger partial charge in [0.05, 0.1) is 6.04 Å². The number of hydrogen-bond donors (Lipinski definition) is 2. The number of aromatic nitrogens is 5. The second-order valence-corrected chi connectivity index (χ2v) is 4.48. The zero-order valence-corrected chi connectivity index (χ0v) is 9.77. The number of nitrogens with two attached hydrogens (primary N) is 1. The molecule has 3 N–H and O–H groups in total. The first kappa shape index (κ1) is 11.1. The Morgan fingerprint density at radius 3 is 3.17 bits per heavy atom. The van der Waals surface area contributed by atoms with E-state index in [0.717, 1.165) is 12.8 Å². The van der Waals surface area contributed by atoms with Crippen LogP contribution < -0.4 is 5.73 Å². The molecule has 1 aliphatic carbocycles. The number of rotatable bonds is 2. The summed E-state index contributed by atoms with van der Waals surface area (Å²) in [7, 11) is 0. The van der Waals surface area contributed by atoms with Gasteiger partial charge in [0.25, 0.3) is 0 Å². The van der Waals surface area contributed by atoms with Gasteiger partial charge in [0, 0.05) is 6.61 Å².